The summed E-state index contributed by atoms with van der Waals surface area (Å²) < 4.78 is 53.4. The number of aromatic nitrogens is 2. The minimum Gasteiger partial charge on any atom is -0.353 e. The van der Waals surface area contributed by atoms with Crippen LogP contribution >= 0.6 is 0 Å². The van der Waals surface area contributed by atoms with Crippen molar-refractivity contribution in [1.29, 1.82) is 0 Å². The Balaban J connectivity index is 1.49. The van der Waals surface area contributed by atoms with Gasteiger partial charge in [-0.2, -0.15) is 13.2 Å². The Morgan fingerprint density at radius 3 is 2.57 bits per heavy atom. The van der Waals surface area contributed by atoms with Crippen LogP contribution in [-0.2, 0) is 17.4 Å². The Kier molecular flexibility index (Phi) is 7.59. The summed E-state index contributed by atoms with van der Waals surface area (Å²) in [6.07, 6.45) is 0.509. The molecule has 1 aliphatic heterocycles. The van der Waals surface area contributed by atoms with Gasteiger partial charge in [-0.05, 0) is 55.8 Å². The summed E-state index contributed by atoms with van der Waals surface area (Å²) in [5, 5.41) is 0. The predicted octanol–water partition coefficient (Wildman–Crippen LogP) is 4.25. The number of nitrogens with two attached hydrogens (primary N) is 1. The Morgan fingerprint density at radius 1 is 1.17 bits per heavy atom. The van der Waals surface area contributed by atoms with Crippen molar-refractivity contribution >= 4 is 11.7 Å². The molecule has 2 unspecified atom stereocenters. The number of carbonyl (C=O) groups is 1. The molecule has 1 saturated heterocycles. The lowest BCUT2D eigenvalue weighted by Gasteiger charge is -2.38. The molecule has 1 aliphatic carbocycles. The minimum atomic E-state index is -4.78. The average Bonchev–Trinajstić information content (AvgIpc) is 3.22. The predicted molar refractivity (Wildman–Crippen MR) is 125 cm³/mol. The van der Waals surface area contributed by atoms with E-state index in [4.69, 9.17) is 5.73 Å². The van der Waals surface area contributed by atoms with Gasteiger partial charge in [0, 0.05) is 37.4 Å². The number of carbonyl (C=O) groups excluding carboxylic acids is 1. The van der Waals surface area contributed by atoms with Gasteiger partial charge in [-0.15, -0.1) is 0 Å². The van der Waals surface area contributed by atoms with Crippen molar-refractivity contribution in [1.82, 2.24) is 14.9 Å². The van der Waals surface area contributed by atoms with E-state index in [1.165, 1.54) is 11.6 Å². The number of alkyl halides is 3. The summed E-state index contributed by atoms with van der Waals surface area (Å²) in [4.78, 5) is 26.3. The molecule has 0 radical (unpaired) electrons. The fourth-order valence-corrected chi connectivity index (χ4v) is 5.14. The van der Waals surface area contributed by atoms with Gasteiger partial charge in [-0.25, -0.2) is 14.4 Å². The first-order valence-electron chi connectivity index (χ1n) is 12.1. The number of halogens is 4. The highest BCUT2D eigenvalue weighted by Gasteiger charge is 2.36. The number of rotatable bonds is 7. The van der Waals surface area contributed by atoms with E-state index in [0.717, 1.165) is 36.5 Å². The molecule has 2 aromatic rings. The van der Waals surface area contributed by atoms with E-state index < -0.39 is 23.5 Å². The topological polar surface area (TPSA) is 75.4 Å². The van der Waals surface area contributed by atoms with E-state index >= 15 is 0 Å². The van der Waals surface area contributed by atoms with E-state index in [9.17, 15) is 22.4 Å². The molecule has 2 atom stereocenters. The van der Waals surface area contributed by atoms with Gasteiger partial charge >= 0.3 is 6.18 Å². The molecular weight excluding hydrogens is 462 g/mol. The van der Waals surface area contributed by atoms with Crippen molar-refractivity contribution < 1.29 is 22.4 Å². The fraction of sp³-hybridized carbons (Fsp3) is 0.560. The van der Waals surface area contributed by atoms with Crippen LogP contribution in [0.4, 0.5) is 23.4 Å². The number of anilines is 1. The molecule has 6 nitrogen and oxygen atoms in total. The second-order valence-electron chi connectivity index (χ2n) is 9.38. The highest BCUT2D eigenvalue weighted by molar-refractivity contribution is 5.84. The molecule has 0 spiro atoms. The Hall–Kier alpha value is -2.75. The second kappa shape index (κ2) is 10.5. The molecule has 0 saturated carbocycles. The van der Waals surface area contributed by atoms with Gasteiger partial charge in [0.15, 0.2) is 0 Å². The number of benzene rings is 1. The van der Waals surface area contributed by atoms with E-state index in [0.29, 0.717) is 57.9 Å². The molecule has 1 aromatic heterocycles. The number of piperazine rings is 1. The number of aryl methyl sites for hydroxylation is 1. The van der Waals surface area contributed by atoms with Crippen molar-refractivity contribution in [2.24, 2.45) is 5.73 Å². The third-order valence-corrected chi connectivity index (χ3v) is 7.09. The lowest BCUT2D eigenvalue weighted by molar-refractivity contribution is -0.140. The van der Waals surface area contributed by atoms with Crippen molar-refractivity contribution in [3.8, 4) is 0 Å². The maximum Gasteiger partial charge on any atom is 0.419 e. The number of hydrogen-bond donors (Lipinski definition) is 1. The summed E-state index contributed by atoms with van der Waals surface area (Å²) in [6.45, 7) is 4.73. The van der Waals surface area contributed by atoms with E-state index in [1.807, 2.05) is 0 Å². The van der Waals surface area contributed by atoms with Gasteiger partial charge < -0.3 is 15.5 Å². The molecule has 1 amide bonds. The summed E-state index contributed by atoms with van der Waals surface area (Å²) >= 11 is 0. The second-order valence-corrected chi connectivity index (χ2v) is 9.38. The van der Waals surface area contributed by atoms with Crippen molar-refractivity contribution in [2.75, 3.05) is 37.6 Å². The number of fused-ring (bicyclic) bond motifs is 1. The molecule has 190 valence electrons. The van der Waals surface area contributed by atoms with Crippen molar-refractivity contribution in [2.45, 2.75) is 57.0 Å². The van der Waals surface area contributed by atoms with Gasteiger partial charge in [0.05, 0.1) is 11.5 Å². The molecular formula is C25H31F4N5O. The smallest absolute Gasteiger partial charge is 0.353 e. The van der Waals surface area contributed by atoms with Crippen LogP contribution in [0, 0.1) is 5.82 Å². The molecule has 1 fully saturated rings. The first kappa shape index (κ1) is 25.3. The molecule has 10 heteroatoms. The highest BCUT2D eigenvalue weighted by Crippen LogP contribution is 2.38. The van der Waals surface area contributed by atoms with Gasteiger partial charge in [0.1, 0.15) is 18.0 Å². The Morgan fingerprint density at radius 2 is 1.91 bits per heavy atom. The summed E-state index contributed by atoms with van der Waals surface area (Å²) in [5.74, 6) is -0.947. The van der Waals surface area contributed by atoms with Gasteiger partial charge in [-0.3, -0.25) is 4.79 Å². The third-order valence-electron chi connectivity index (χ3n) is 7.09. The Bertz CT molecular complexity index is 1050. The largest absolute Gasteiger partial charge is 0.419 e. The van der Waals surface area contributed by atoms with E-state index in [1.54, 1.807) is 11.2 Å². The minimum absolute atomic E-state index is 0.192. The van der Waals surface area contributed by atoms with Crippen LogP contribution in [0.25, 0.3) is 0 Å². The normalized spacial score (nSPS) is 19.1. The van der Waals surface area contributed by atoms with E-state index in [2.05, 4.69) is 21.8 Å². The van der Waals surface area contributed by atoms with Crippen LogP contribution in [0.3, 0.4) is 0 Å². The molecule has 35 heavy (non-hydrogen) atoms. The third kappa shape index (κ3) is 5.42. The first-order chi connectivity index (χ1) is 16.7. The molecule has 0 bridgehead atoms. The standard InChI is InChI=1S/C25H31F4N5O/c1-16-5-8-21-22(16)23(32-15-31-21)33-10-12-34(13-11-33)24(35)18(4-2-3-9-30)17-6-7-19(20(26)14-17)25(27,28)29/h6-7,14-16,18H,2-5,8-13,30H2,1H3. The number of unbranched alkanes of at least 4 members (excludes halogenated alkanes) is 1. The molecule has 2 aliphatic rings. The maximum absolute atomic E-state index is 14.3. The zero-order valence-corrected chi connectivity index (χ0v) is 19.8. The maximum atomic E-state index is 14.3. The molecule has 2 heterocycles. The van der Waals surface area contributed by atoms with Gasteiger partial charge in [0.25, 0.3) is 0 Å². The quantitative estimate of drug-likeness (QED) is 0.461. The van der Waals surface area contributed by atoms with Crippen LogP contribution in [-0.4, -0.2) is 53.5 Å². The Labute approximate surface area is 202 Å². The van der Waals surface area contributed by atoms with Gasteiger partial charge in [-0.1, -0.05) is 19.4 Å². The monoisotopic (exact) mass is 493 g/mol. The van der Waals surface area contributed by atoms with Gasteiger partial charge in [0.2, 0.25) is 5.91 Å². The van der Waals surface area contributed by atoms with Crippen LogP contribution < -0.4 is 10.6 Å². The van der Waals surface area contributed by atoms with Crippen LogP contribution in [0.1, 0.15) is 66.8 Å². The average molecular weight is 494 g/mol. The molecule has 1 aromatic carbocycles. The van der Waals surface area contributed by atoms with Crippen LogP contribution in [0.5, 0.6) is 0 Å². The summed E-state index contributed by atoms with van der Waals surface area (Å²) in [7, 11) is 0. The number of amides is 1. The fourth-order valence-electron chi connectivity index (χ4n) is 5.14. The molecule has 2 N–H and O–H groups in total. The van der Waals surface area contributed by atoms with Crippen molar-refractivity contribution in [3.63, 3.8) is 0 Å². The lowest BCUT2D eigenvalue weighted by atomic mass is 9.90. The molecule has 4 rings (SSSR count). The number of hydrogen-bond acceptors (Lipinski definition) is 5. The first-order valence-corrected chi connectivity index (χ1v) is 12.1. The van der Waals surface area contributed by atoms with E-state index in [-0.39, 0.29) is 11.5 Å². The highest BCUT2D eigenvalue weighted by atomic mass is 19.4. The summed E-state index contributed by atoms with van der Waals surface area (Å²) in [6, 6.07) is 2.80. The summed E-state index contributed by atoms with van der Waals surface area (Å²) in [5.41, 5.74) is 6.80. The zero-order valence-electron chi connectivity index (χ0n) is 19.8. The zero-order chi connectivity index (χ0) is 25.2. The lowest BCUT2D eigenvalue weighted by Crippen LogP contribution is -2.50. The van der Waals surface area contributed by atoms with Crippen molar-refractivity contribution in [3.05, 3.63) is 52.7 Å². The van der Waals surface area contributed by atoms with Crippen LogP contribution in [0.15, 0.2) is 24.5 Å². The van der Waals surface area contributed by atoms with Crippen LogP contribution in [0.2, 0.25) is 0 Å². The SMILES string of the molecule is CC1CCc2ncnc(N3CCN(C(=O)C(CCCCN)c4ccc(C(F)(F)F)c(F)c4)CC3)c21. The number of nitrogens with zero attached hydrogens (tertiary/aromatic N) is 4.